The van der Waals surface area contributed by atoms with Gasteiger partial charge in [-0.15, -0.1) is 24.0 Å². The van der Waals surface area contributed by atoms with E-state index in [0.717, 1.165) is 31.2 Å². The third-order valence-electron chi connectivity index (χ3n) is 5.62. The van der Waals surface area contributed by atoms with Crippen LogP contribution >= 0.6 is 24.0 Å². The van der Waals surface area contributed by atoms with Crippen molar-refractivity contribution in [1.82, 2.24) is 10.2 Å². The minimum Gasteiger partial charge on any atom is -0.493 e. The topological polar surface area (TPSA) is 55.3 Å². The van der Waals surface area contributed by atoms with Gasteiger partial charge in [0, 0.05) is 19.6 Å². The number of ether oxygens (including phenoxy) is 3. The van der Waals surface area contributed by atoms with E-state index >= 15 is 0 Å². The lowest BCUT2D eigenvalue weighted by Crippen LogP contribution is -2.42. The fourth-order valence-corrected chi connectivity index (χ4v) is 4.02. The molecule has 1 aliphatic heterocycles. The number of rotatable bonds is 6. The Kier molecular flexibility index (Phi) is 7.88. The molecule has 2 aliphatic rings. The maximum absolute atomic E-state index is 5.44. The van der Waals surface area contributed by atoms with Crippen molar-refractivity contribution >= 4 is 29.9 Å². The molecule has 3 rings (SSSR count). The molecular formula is C20H32IN3O3. The summed E-state index contributed by atoms with van der Waals surface area (Å²) >= 11 is 0. The van der Waals surface area contributed by atoms with E-state index in [2.05, 4.69) is 17.1 Å². The van der Waals surface area contributed by atoms with E-state index in [1.54, 1.807) is 21.3 Å². The van der Waals surface area contributed by atoms with E-state index in [0.29, 0.717) is 29.2 Å². The highest BCUT2D eigenvalue weighted by molar-refractivity contribution is 14.0. The van der Waals surface area contributed by atoms with Crippen LogP contribution < -0.4 is 19.5 Å². The number of nitrogens with one attached hydrogen (secondary N) is 1. The molecule has 1 N–H and O–H groups in total. The molecule has 0 radical (unpaired) electrons. The zero-order chi connectivity index (χ0) is 18.6. The number of hydrogen-bond donors (Lipinski definition) is 1. The number of halogens is 1. The second-order valence-electron chi connectivity index (χ2n) is 7.23. The van der Waals surface area contributed by atoms with Crippen molar-refractivity contribution in [2.45, 2.75) is 39.2 Å². The van der Waals surface area contributed by atoms with Crippen molar-refractivity contribution < 1.29 is 14.2 Å². The third kappa shape index (κ3) is 4.73. The monoisotopic (exact) mass is 489 g/mol. The maximum atomic E-state index is 5.44. The van der Waals surface area contributed by atoms with Gasteiger partial charge in [0.05, 0.1) is 27.9 Å². The molecule has 1 saturated carbocycles. The van der Waals surface area contributed by atoms with Crippen LogP contribution in [0.25, 0.3) is 0 Å². The van der Waals surface area contributed by atoms with Crippen molar-refractivity contribution in [3.63, 3.8) is 0 Å². The second-order valence-corrected chi connectivity index (χ2v) is 7.23. The quantitative estimate of drug-likeness (QED) is 0.376. The average molecular weight is 489 g/mol. The molecule has 1 aliphatic carbocycles. The summed E-state index contributed by atoms with van der Waals surface area (Å²) in [5.41, 5.74) is 1.59. The number of nitrogens with zero attached hydrogens (tertiary/aromatic N) is 2. The van der Waals surface area contributed by atoms with Gasteiger partial charge in [-0.05, 0) is 49.3 Å². The Balaban J connectivity index is 0.00000261. The SMILES string of the molecule is CCNC(=NCc1cc(OC)c(OC)c(OC)c1)N1CCC2(CCC2)C1.I. The number of benzene rings is 1. The Morgan fingerprint density at radius 2 is 1.78 bits per heavy atom. The van der Waals surface area contributed by atoms with Crippen LogP contribution in [-0.2, 0) is 6.54 Å². The van der Waals surface area contributed by atoms with Crippen LogP contribution in [0.4, 0.5) is 0 Å². The van der Waals surface area contributed by atoms with Crippen LogP contribution in [0, 0.1) is 5.41 Å². The predicted molar refractivity (Wildman–Crippen MR) is 119 cm³/mol. The van der Waals surface area contributed by atoms with Crippen molar-refractivity contribution in [3.05, 3.63) is 17.7 Å². The van der Waals surface area contributed by atoms with Crippen LogP contribution in [0.5, 0.6) is 17.2 Å². The lowest BCUT2D eigenvalue weighted by Gasteiger charge is -2.38. The van der Waals surface area contributed by atoms with Crippen LogP contribution in [0.3, 0.4) is 0 Å². The van der Waals surface area contributed by atoms with E-state index in [4.69, 9.17) is 19.2 Å². The Bertz CT molecular complexity index is 637. The minimum absolute atomic E-state index is 0. The average Bonchev–Trinajstić information content (AvgIpc) is 3.10. The molecule has 1 spiro atoms. The Morgan fingerprint density at radius 3 is 2.22 bits per heavy atom. The van der Waals surface area contributed by atoms with Crippen LogP contribution in [0.1, 0.15) is 38.2 Å². The first-order valence-electron chi connectivity index (χ1n) is 9.47. The highest BCUT2D eigenvalue weighted by atomic mass is 127. The molecule has 27 heavy (non-hydrogen) atoms. The molecule has 1 heterocycles. The summed E-state index contributed by atoms with van der Waals surface area (Å²) in [6.07, 6.45) is 5.42. The number of methoxy groups -OCH3 is 3. The van der Waals surface area contributed by atoms with Gasteiger partial charge in [-0.2, -0.15) is 0 Å². The molecular weight excluding hydrogens is 457 g/mol. The number of likely N-dealkylation sites (tertiary alicyclic amines) is 1. The second kappa shape index (κ2) is 9.71. The molecule has 0 unspecified atom stereocenters. The molecule has 7 heteroatoms. The van der Waals surface area contributed by atoms with Crippen LogP contribution in [0.15, 0.2) is 17.1 Å². The number of aliphatic imine (C=N–C) groups is 1. The molecule has 1 saturated heterocycles. The molecule has 1 aromatic rings. The van der Waals surface area contributed by atoms with E-state index < -0.39 is 0 Å². The zero-order valence-corrected chi connectivity index (χ0v) is 19.2. The lowest BCUT2D eigenvalue weighted by molar-refractivity contribution is 0.151. The molecule has 0 aromatic heterocycles. The molecule has 0 bridgehead atoms. The van der Waals surface area contributed by atoms with Gasteiger partial charge in [-0.25, -0.2) is 4.99 Å². The van der Waals surface area contributed by atoms with Gasteiger partial charge < -0.3 is 24.4 Å². The smallest absolute Gasteiger partial charge is 0.203 e. The fourth-order valence-electron chi connectivity index (χ4n) is 4.02. The first-order chi connectivity index (χ1) is 12.6. The van der Waals surface area contributed by atoms with Crippen molar-refractivity contribution in [1.29, 1.82) is 0 Å². The minimum atomic E-state index is 0. The zero-order valence-electron chi connectivity index (χ0n) is 16.8. The van der Waals surface area contributed by atoms with Crippen molar-refractivity contribution in [3.8, 4) is 17.2 Å². The fraction of sp³-hybridized carbons (Fsp3) is 0.650. The van der Waals surface area contributed by atoms with E-state index in [1.165, 1.54) is 25.7 Å². The van der Waals surface area contributed by atoms with Gasteiger partial charge in [-0.1, -0.05) is 6.42 Å². The van der Waals surface area contributed by atoms with Crippen LogP contribution in [0.2, 0.25) is 0 Å². The Hall–Kier alpha value is -1.38. The van der Waals surface area contributed by atoms with Gasteiger partial charge in [-0.3, -0.25) is 0 Å². The van der Waals surface area contributed by atoms with Gasteiger partial charge in [0.2, 0.25) is 5.75 Å². The van der Waals surface area contributed by atoms with Gasteiger partial charge in [0.25, 0.3) is 0 Å². The number of guanidine groups is 1. The van der Waals surface area contributed by atoms with E-state index in [9.17, 15) is 0 Å². The molecule has 152 valence electrons. The maximum Gasteiger partial charge on any atom is 0.203 e. The van der Waals surface area contributed by atoms with E-state index in [1.807, 2.05) is 12.1 Å². The van der Waals surface area contributed by atoms with Crippen molar-refractivity contribution in [2.24, 2.45) is 10.4 Å². The molecule has 6 nitrogen and oxygen atoms in total. The summed E-state index contributed by atoms with van der Waals surface area (Å²) in [7, 11) is 4.89. The summed E-state index contributed by atoms with van der Waals surface area (Å²) in [5.74, 6) is 2.94. The summed E-state index contributed by atoms with van der Waals surface area (Å²) in [6.45, 7) is 5.79. The molecule has 1 aromatic carbocycles. The summed E-state index contributed by atoms with van der Waals surface area (Å²) in [4.78, 5) is 7.29. The molecule has 2 fully saturated rings. The van der Waals surface area contributed by atoms with Gasteiger partial charge >= 0.3 is 0 Å². The van der Waals surface area contributed by atoms with E-state index in [-0.39, 0.29) is 24.0 Å². The third-order valence-corrected chi connectivity index (χ3v) is 5.62. The summed E-state index contributed by atoms with van der Waals surface area (Å²) < 4.78 is 16.3. The Labute approximate surface area is 179 Å². The number of hydrogen-bond acceptors (Lipinski definition) is 4. The first kappa shape index (κ1) is 21.9. The van der Waals surface area contributed by atoms with Gasteiger partial charge in [0.15, 0.2) is 17.5 Å². The van der Waals surface area contributed by atoms with Gasteiger partial charge in [0.1, 0.15) is 0 Å². The normalized spacial score (nSPS) is 17.9. The molecule has 0 amide bonds. The standard InChI is InChI=1S/C20H31N3O3.HI/c1-5-21-19(23-10-9-20(14-23)7-6-8-20)22-13-15-11-16(24-2)18(26-4)17(12-15)25-3;/h11-12H,5-10,13-14H2,1-4H3,(H,21,22);1H. The molecule has 0 atom stereocenters. The summed E-state index contributed by atoms with van der Waals surface area (Å²) in [6, 6.07) is 3.93. The lowest BCUT2D eigenvalue weighted by atomic mass is 9.68. The van der Waals surface area contributed by atoms with Crippen LogP contribution in [-0.4, -0.2) is 51.8 Å². The Morgan fingerprint density at radius 1 is 1.11 bits per heavy atom. The first-order valence-corrected chi connectivity index (χ1v) is 9.47. The highest BCUT2D eigenvalue weighted by Crippen LogP contribution is 2.48. The summed E-state index contributed by atoms with van der Waals surface area (Å²) in [5, 5.41) is 3.45. The highest BCUT2D eigenvalue weighted by Gasteiger charge is 2.43. The largest absolute Gasteiger partial charge is 0.493 e. The van der Waals surface area contributed by atoms with Crippen molar-refractivity contribution in [2.75, 3.05) is 41.0 Å². The predicted octanol–water partition coefficient (Wildman–Crippen LogP) is 3.67.